The van der Waals surface area contributed by atoms with E-state index in [0.717, 1.165) is 19.3 Å². The number of rotatable bonds is 1. The highest BCUT2D eigenvalue weighted by Crippen LogP contribution is 2.44. The highest BCUT2D eigenvalue weighted by atomic mass is 32.2. The van der Waals surface area contributed by atoms with E-state index in [1.54, 1.807) is 12.4 Å². The summed E-state index contributed by atoms with van der Waals surface area (Å²) in [4.78, 5) is 4.29. The minimum absolute atomic E-state index is 0.0699. The van der Waals surface area contributed by atoms with Gasteiger partial charge in [0.05, 0.1) is 11.8 Å². The van der Waals surface area contributed by atoms with Crippen LogP contribution < -0.4 is 0 Å². The molecule has 2 aromatic rings. The summed E-state index contributed by atoms with van der Waals surface area (Å²) >= 11 is 0. The van der Waals surface area contributed by atoms with Gasteiger partial charge in [-0.25, -0.2) is 9.50 Å². The van der Waals surface area contributed by atoms with E-state index in [1.165, 1.54) is 10.7 Å². The lowest BCUT2D eigenvalue weighted by atomic mass is 9.81. The van der Waals surface area contributed by atoms with Crippen LogP contribution in [0.1, 0.15) is 43.2 Å². The zero-order chi connectivity index (χ0) is 15.3. The second kappa shape index (κ2) is 4.86. The molecule has 4 heterocycles. The third-order valence-corrected chi connectivity index (χ3v) is 6.97. The lowest BCUT2D eigenvalue weighted by Crippen LogP contribution is -2.47. The number of nitrogens with zero attached hydrogens (tertiary/aromatic N) is 4. The van der Waals surface area contributed by atoms with E-state index in [1.807, 2.05) is 6.07 Å². The molecule has 0 saturated carbocycles. The summed E-state index contributed by atoms with van der Waals surface area (Å²) in [7, 11) is -0.827. The van der Waals surface area contributed by atoms with E-state index < -0.39 is 16.4 Å². The van der Waals surface area contributed by atoms with E-state index in [-0.39, 0.29) is 10.5 Å². The molecule has 114 valence electrons. The third kappa shape index (κ3) is 1.98. The number of hydrogen-bond donors (Lipinski definition) is 1. The monoisotopic (exact) mass is 316 g/mol. The molecule has 22 heavy (non-hydrogen) atoms. The highest BCUT2D eigenvalue weighted by Gasteiger charge is 2.46. The first-order valence-corrected chi connectivity index (χ1v) is 8.74. The first-order chi connectivity index (χ1) is 10.6. The molecular weight excluding hydrogens is 300 g/mol. The van der Waals surface area contributed by atoms with Gasteiger partial charge >= 0.3 is 0 Å². The van der Waals surface area contributed by atoms with Crippen LogP contribution in [0.5, 0.6) is 0 Å². The van der Waals surface area contributed by atoms with Crippen LogP contribution in [0.3, 0.4) is 0 Å². The Morgan fingerprint density at radius 3 is 2.77 bits per heavy atom. The van der Waals surface area contributed by atoms with Crippen LogP contribution in [0.15, 0.2) is 18.6 Å². The molecule has 7 heteroatoms. The van der Waals surface area contributed by atoms with Gasteiger partial charge in [-0.2, -0.15) is 10.4 Å². The summed E-state index contributed by atoms with van der Waals surface area (Å²) in [6.07, 6.45) is 8.79. The second-order valence-electron chi connectivity index (χ2n) is 6.22. The van der Waals surface area contributed by atoms with Gasteiger partial charge in [0.2, 0.25) is 0 Å². The Balaban J connectivity index is 1.74. The van der Waals surface area contributed by atoms with Crippen LogP contribution in [0, 0.1) is 11.3 Å². The molecule has 2 unspecified atom stereocenters. The second-order valence-corrected chi connectivity index (χ2v) is 8.21. The van der Waals surface area contributed by atoms with Crippen molar-refractivity contribution in [1.82, 2.24) is 14.6 Å². The van der Waals surface area contributed by atoms with Crippen LogP contribution in [-0.2, 0) is 16.4 Å². The molecule has 2 aliphatic heterocycles. The maximum atomic E-state index is 12.3. The maximum absolute atomic E-state index is 12.3. The molecular formula is C15H16N4O2S. The molecule has 4 rings (SSSR count). The van der Waals surface area contributed by atoms with Crippen LogP contribution in [0.4, 0.5) is 0 Å². The first kappa shape index (κ1) is 13.9. The molecule has 2 atom stereocenters. The van der Waals surface area contributed by atoms with Crippen molar-refractivity contribution in [3.05, 3.63) is 29.7 Å². The fraction of sp³-hybridized carbons (Fsp3) is 0.533. The van der Waals surface area contributed by atoms with E-state index in [0.29, 0.717) is 29.6 Å². The van der Waals surface area contributed by atoms with Crippen molar-refractivity contribution in [3.63, 3.8) is 0 Å². The smallest absolute Gasteiger partial charge is 0.172 e. The number of aliphatic hydroxyl groups is 1. The van der Waals surface area contributed by atoms with Crippen molar-refractivity contribution in [3.8, 4) is 6.07 Å². The zero-order valence-corrected chi connectivity index (χ0v) is 12.8. The van der Waals surface area contributed by atoms with Gasteiger partial charge in [0.1, 0.15) is 11.6 Å². The summed E-state index contributed by atoms with van der Waals surface area (Å²) in [5.74, 6) is 0. The summed E-state index contributed by atoms with van der Waals surface area (Å²) in [5.41, 5.74) is 0.611. The van der Waals surface area contributed by atoms with Crippen LogP contribution in [0.25, 0.3) is 5.65 Å². The van der Waals surface area contributed by atoms with Crippen LogP contribution in [0.2, 0.25) is 0 Å². The Bertz CT molecular complexity index is 793. The van der Waals surface area contributed by atoms with Gasteiger partial charge in [-0.15, -0.1) is 0 Å². The number of aromatic nitrogens is 3. The van der Waals surface area contributed by atoms with Crippen molar-refractivity contribution < 1.29 is 9.32 Å². The van der Waals surface area contributed by atoms with Gasteiger partial charge in [0.25, 0.3) is 0 Å². The predicted octanol–water partition coefficient (Wildman–Crippen LogP) is 1.25. The Morgan fingerprint density at radius 1 is 1.36 bits per heavy atom. The lowest BCUT2D eigenvalue weighted by molar-refractivity contribution is 0.00580. The number of nitriles is 1. The van der Waals surface area contributed by atoms with Crippen LogP contribution >= 0.6 is 0 Å². The molecule has 6 nitrogen and oxygen atoms in total. The Morgan fingerprint density at radius 2 is 2.09 bits per heavy atom. The SMILES string of the molecule is N#Cc1cnn2cc(C3(O)CC4CCCC(C3)S4=O)cnc12. The summed E-state index contributed by atoms with van der Waals surface area (Å²) in [5, 5.41) is 24.4. The lowest BCUT2D eigenvalue weighted by Gasteiger charge is -2.43. The third-order valence-electron chi connectivity index (χ3n) is 4.85. The van der Waals surface area contributed by atoms with Crippen molar-refractivity contribution in [2.45, 2.75) is 48.2 Å². The molecule has 0 spiro atoms. The van der Waals surface area contributed by atoms with Crippen molar-refractivity contribution in [2.24, 2.45) is 0 Å². The van der Waals surface area contributed by atoms with Crippen molar-refractivity contribution in [2.75, 3.05) is 0 Å². The van der Waals surface area contributed by atoms with E-state index in [4.69, 9.17) is 5.26 Å². The van der Waals surface area contributed by atoms with E-state index in [2.05, 4.69) is 10.1 Å². The zero-order valence-electron chi connectivity index (χ0n) is 12.0. The van der Waals surface area contributed by atoms with Gasteiger partial charge in [-0.3, -0.25) is 4.21 Å². The Hall–Kier alpha value is -1.78. The molecule has 2 saturated heterocycles. The predicted molar refractivity (Wildman–Crippen MR) is 80.4 cm³/mol. The van der Waals surface area contributed by atoms with Gasteiger partial charge in [0, 0.05) is 39.3 Å². The number of hydrogen-bond acceptors (Lipinski definition) is 5. The molecule has 2 aliphatic rings. The summed E-state index contributed by atoms with van der Waals surface area (Å²) < 4.78 is 13.8. The molecule has 1 N–H and O–H groups in total. The largest absolute Gasteiger partial charge is 0.385 e. The van der Waals surface area contributed by atoms with Crippen molar-refractivity contribution >= 4 is 16.4 Å². The molecule has 0 aliphatic carbocycles. The molecule has 0 amide bonds. The molecule has 2 aromatic heterocycles. The molecule has 0 aromatic carbocycles. The normalized spacial score (nSPS) is 34.5. The number of fused-ring (bicyclic) bond motifs is 3. The van der Waals surface area contributed by atoms with Crippen LogP contribution in [-0.4, -0.2) is 34.4 Å². The van der Waals surface area contributed by atoms with Gasteiger partial charge in [0.15, 0.2) is 5.65 Å². The molecule has 0 radical (unpaired) electrons. The quantitative estimate of drug-likeness (QED) is 0.855. The molecule has 2 fully saturated rings. The fourth-order valence-electron chi connectivity index (χ4n) is 3.71. The standard InChI is InChI=1S/C15H16N4O2S/c16-6-10-7-18-19-9-11(8-17-14(10)19)15(20)4-12-2-1-3-13(5-15)22(12)21/h7-9,12-13,20H,1-5H2. The maximum Gasteiger partial charge on any atom is 0.172 e. The van der Waals surface area contributed by atoms with Crippen molar-refractivity contribution in [1.29, 1.82) is 5.26 Å². The average Bonchev–Trinajstić information content (AvgIpc) is 2.91. The highest BCUT2D eigenvalue weighted by molar-refractivity contribution is 7.86. The van der Waals surface area contributed by atoms with Gasteiger partial charge in [-0.1, -0.05) is 6.42 Å². The average molecular weight is 316 g/mol. The van der Waals surface area contributed by atoms with Gasteiger partial charge in [-0.05, 0) is 25.7 Å². The first-order valence-electron chi connectivity index (χ1n) is 7.46. The topological polar surface area (TPSA) is 91.3 Å². The van der Waals surface area contributed by atoms with E-state index in [9.17, 15) is 9.32 Å². The molecule has 2 bridgehead atoms. The minimum atomic E-state index is -0.996. The fourth-order valence-corrected chi connectivity index (χ4v) is 5.93. The Kier molecular flexibility index (Phi) is 3.06. The van der Waals surface area contributed by atoms with E-state index >= 15 is 0 Å². The summed E-state index contributed by atoms with van der Waals surface area (Å²) in [6.45, 7) is 0. The summed E-state index contributed by atoms with van der Waals surface area (Å²) in [6, 6.07) is 2.05. The Labute approximate surface area is 130 Å². The minimum Gasteiger partial charge on any atom is -0.385 e. The van der Waals surface area contributed by atoms with Gasteiger partial charge < -0.3 is 5.11 Å².